The van der Waals surface area contributed by atoms with Crippen molar-refractivity contribution in [2.45, 2.75) is 26.7 Å². The van der Waals surface area contributed by atoms with Gasteiger partial charge in [0, 0.05) is 11.4 Å². The van der Waals surface area contributed by atoms with Crippen molar-refractivity contribution in [2.75, 3.05) is 17.2 Å². The standard InChI is InChI=1S/C25H26N2O3/c1-3-18-11-10-12-19(4-2)24(18)27-23(28)17-30-22-16-9-8-15-21(22)25(29)26-20-13-6-5-7-14-20/h5-16H,3-4,17H2,1-2H3,(H,26,29)(H,27,28). The number of aryl methyl sites for hydroxylation is 2. The monoisotopic (exact) mass is 402 g/mol. The molecule has 0 saturated heterocycles. The number of hydrogen-bond donors (Lipinski definition) is 2. The topological polar surface area (TPSA) is 67.4 Å². The van der Waals surface area contributed by atoms with Gasteiger partial charge < -0.3 is 15.4 Å². The lowest BCUT2D eigenvalue weighted by molar-refractivity contribution is -0.118. The quantitative estimate of drug-likeness (QED) is 0.552. The van der Waals surface area contributed by atoms with Crippen molar-refractivity contribution in [3.05, 3.63) is 89.5 Å². The average molecular weight is 402 g/mol. The number of carbonyl (C=O) groups excluding carboxylic acids is 2. The Bertz CT molecular complexity index is 994. The third-order valence-electron chi connectivity index (χ3n) is 4.79. The van der Waals surface area contributed by atoms with E-state index in [9.17, 15) is 9.59 Å². The van der Waals surface area contributed by atoms with E-state index >= 15 is 0 Å². The molecule has 0 spiro atoms. The van der Waals surface area contributed by atoms with Gasteiger partial charge in [-0.2, -0.15) is 0 Å². The number of hydrogen-bond acceptors (Lipinski definition) is 3. The van der Waals surface area contributed by atoms with Crippen LogP contribution in [0.2, 0.25) is 0 Å². The SMILES string of the molecule is CCc1cccc(CC)c1NC(=O)COc1ccccc1C(=O)Nc1ccccc1. The fourth-order valence-corrected chi connectivity index (χ4v) is 3.22. The minimum Gasteiger partial charge on any atom is -0.483 e. The molecule has 3 aromatic rings. The van der Waals surface area contributed by atoms with Crippen LogP contribution in [0.3, 0.4) is 0 Å². The predicted octanol–water partition coefficient (Wildman–Crippen LogP) is 5.08. The molecule has 3 rings (SSSR count). The van der Waals surface area contributed by atoms with Gasteiger partial charge in [0.15, 0.2) is 6.61 Å². The zero-order valence-corrected chi connectivity index (χ0v) is 17.3. The van der Waals surface area contributed by atoms with Gasteiger partial charge in [0.2, 0.25) is 0 Å². The van der Waals surface area contributed by atoms with E-state index in [1.165, 1.54) is 0 Å². The largest absolute Gasteiger partial charge is 0.483 e. The normalized spacial score (nSPS) is 10.3. The highest BCUT2D eigenvalue weighted by molar-refractivity contribution is 6.06. The Balaban J connectivity index is 1.68. The Kier molecular flexibility index (Phi) is 7.22. The molecule has 0 aliphatic rings. The lowest BCUT2D eigenvalue weighted by Crippen LogP contribution is -2.23. The van der Waals surface area contributed by atoms with Crippen molar-refractivity contribution in [2.24, 2.45) is 0 Å². The Labute approximate surface area is 177 Å². The molecule has 30 heavy (non-hydrogen) atoms. The Morgan fingerprint density at radius 1 is 0.767 bits per heavy atom. The molecule has 5 heteroatoms. The lowest BCUT2D eigenvalue weighted by atomic mass is 10.0. The molecule has 2 N–H and O–H groups in total. The first-order valence-electron chi connectivity index (χ1n) is 10.1. The number of carbonyl (C=O) groups is 2. The van der Waals surface area contributed by atoms with Crippen molar-refractivity contribution >= 4 is 23.2 Å². The Hall–Kier alpha value is -3.60. The zero-order valence-electron chi connectivity index (χ0n) is 17.3. The molecule has 0 aliphatic carbocycles. The van der Waals surface area contributed by atoms with Crippen molar-refractivity contribution in [3.63, 3.8) is 0 Å². The van der Waals surface area contributed by atoms with Gasteiger partial charge in [-0.3, -0.25) is 9.59 Å². The van der Waals surface area contributed by atoms with Crippen LogP contribution in [-0.2, 0) is 17.6 Å². The van der Waals surface area contributed by atoms with Crippen LogP contribution in [0.4, 0.5) is 11.4 Å². The number of para-hydroxylation sites is 3. The van der Waals surface area contributed by atoms with Crippen LogP contribution in [0.15, 0.2) is 72.8 Å². The predicted molar refractivity (Wildman–Crippen MR) is 120 cm³/mol. The van der Waals surface area contributed by atoms with E-state index < -0.39 is 0 Å². The summed E-state index contributed by atoms with van der Waals surface area (Å²) in [6.07, 6.45) is 1.65. The van der Waals surface area contributed by atoms with Crippen LogP contribution < -0.4 is 15.4 Å². The summed E-state index contributed by atoms with van der Waals surface area (Å²) in [7, 11) is 0. The maximum atomic E-state index is 12.6. The van der Waals surface area contributed by atoms with E-state index in [2.05, 4.69) is 24.5 Å². The number of ether oxygens (including phenoxy) is 1. The highest BCUT2D eigenvalue weighted by atomic mass is 16.5. The second kappa shape index (κ2) is 10.3. The Morgan fingerprint density at radius 2 is 1.40 bits per heavy atom. The summed E-state index contributed by atoms with van der Waals surface area (Å²) >= 11 is 0. The van der Waals surface area contributed by atoms with Crippen LogP contribution in [0.5, 0.6) is 5.75 Å². The average Bonchev–Trinajstić information content (AvgIpc) is 2.78. The van der Waals surface area contributed by atoms with Gasteiger partial charge in [0.1, 0.15) is 5.75 Å². The minimum atomic E-state index is -0.290. The third-order valence-corrected chi connectivity index (χ3v) is 4.79. The second-order valence-corrected chi connectivity index (χ2v) is 6.81. The van der Waals surface area contributed by atoms with Crippen LogP contribution in [0, 0.1) is 0 Å². The van der Waals surface area contributed by atoms with Crippen LogP contribution in [0.1, 0.15) is 35.3 Å². The molecule has 154 valence electrons. The summed E-state index contributed by atoms with van der Waals surface area (Å²) < 4.78 is 5.70. The highest BCUT2D eigenvalue weighted by Gasteiger charge is 2.15. The fraction of sp³-hybridized carbons (Fsp3) is 0.200. The molecule has 0 aliphatic heterocycles. The van der Waals surface area contributed by atoms with Crippen LogP contribution in [-0.4, -0.2) is 18.4 Å². The summed E-state index contributed by atoms with van der Waals surface area (Å²) in [5, 5.41) is 5.81. The van der Waals surface area contributed by atoms with Gasteiger partial charge in [-0.05, 0) is 48.2 Å². The molecule has 0 heterocycles. The molecule has 2 amide bonds. The van der Waals surface area contributed by atoms with Crippen LogP contribution in [0.25, 0.3) is 0 Å². The molecule has 0 atom stereocenters. The van der Waals surface area contributed by atoms with E-state index in [1.54, 1.807) is 24.3 Å². The number of nitrogens with one attached hydrogen (secondary N) is 2. The van der Waals surface area contributed by atoms with Gasteiger partial charge >= 0.3 is 0 Å². The zero-order chi connectivity index (χ0) is 21.3. The smallest absolute Gasteiger partial charge is 0.262 e. The fourth-order valence-electron chi connectivity index (χ4n) is 3.22. The van der Waals surface area contributed by atoms with Crippen molar-refractivity contribution in [3.8, 4) is 5.75 Å². The third kappa shape index (κ3) is 5.26. The van der Waals surface area contributed by atoms with Gasteiger partial charge in [-0.25, -0.2) is 0 Å². The molecule has 0 unspecified atom stereocenters. The number of amides is 2. The Morgan fingerprint density at radius 3 is 2.07 bits per heavy atom. The molecule has 5 nitrogen and oxygen atoms in total. The lowest BCUT2D eigenvalue weighted by Gasteiger charge is -2.15. The van der Waals surface area contributed by atoms with Crippen molar-refractivity contribution < 1.29 is 14.3 Å². The van der Waals surface area contributed by atoms with E-state index in [4.69, 9.17) is 4.74 Å². The van der Waals surface area contributed by atoms with Gasteiger partial charge in [-0.1, -0.05) is 62.4 Å². The summed E-state index contributed by atoms with van der Waals surface area (Å²) in [4.78, 5) is 25.2. The van der Waals surface area contributed by atoms with Gasteiger partial charge in [-0.15, -0.1) is 0 Å². The van der Waals surface area contributed by atoms with Crippen LogP contribution >= 0.6 is 0 Å². The van der Waals surface area contributed by atoms with E-state index in [1.807, 2.05) is 48.5 Å². The minimum absolute atomic E-state index is 0.184. The first kappa shape index (κ1) is 21.1. The van der Waals surface area contributed by atoms with Gasteiger partial charge in [0.05, 0.1) is 5.56 Å². The number of anilines is 2. The second-order valence-electron chi connectivity index (χ2n) is 6.81. The summed E-state index contributed by atoms with van der Waals surface area (Å²) in [5.74, 6) is -0.189. The summed E-state index contributed by atoms with van der Waals surface area (Å²) in [5.41, 5.74) is 4.09. The van der Waals surface area contributed by atoms with E-state index in [-0.39, 0.29) is 18.4 Å². The summed E-state index contributed by atoms with van der Waals surface area (Å²) in [6.45, 7) is 3.93. The first-order valence-corrected chi connectivity index (χ1v) is 10.1. The molecular weight excluding hydrogens is 376 g/mol. The van der Waals surface area contributed by atoms with E-state index in [0.717, 1.165) is 29.7 Å². The first-order chi connectivity index (χ1) is 14.6. The maximum absolute atomic E-state index is 12.6. The number of rotatable bonds is 8. The highest BCUT2D eigenvalue weighted by Crippen LogP contribution is 2.23. The molecule has 0 fully saturated rings. The number of benzene rings is 3. The molecule has 0 aromatic heterocycles. The van der Waals surface area contributed by atoms with E-state index in [0.29, 0.717) is 17.0 Å². The summed E-state index contributed by atoms with van der Waals surface area (Å²) in [6, 6.07) is 22.1. The molecule has 0 bridgehead atoms. The van der Waals surface area contributed by atoms with Crippen molar-refractivity contribution in [1.82, 2.24) is 0 Å². The van der Waals surface area contributed by atoms with Gasteiger partial charge in [0.25, 0.3) is 11.8 Å². The maximum Gasteiger partial charge on any atom is 0.262 e. The molecule has 0 radical (unpaired) electrons. The van der Waals surface area contributed by atoms with Crippen molar-refractivity contribution in [1.29, 1.82) is 0 Å². The molecular formula is C25H26N2O3. The molecule has 0 saturated carbocycles. The molecule has 3 aromatic carbocycles.